The third-order valence-corrected chi connectivity index (χ3v) is 2.68. The lowest BCUT2D eigenvalue weighted by atomic mass is 10.1. The van der Waals surface area contributed by atoms with Crippen LogP contribution in [0.3, 0.4) is 0 Å². The highest BCUT2D eigenvalue weighted by molar-refractivity contribution is 5.97. The Morgan fingerprint density at radius 3 is 2.55 bits per heavy atom. The molecule has 0 amide bonds. The Hall–Kier alpha value is -2.54. The van der Waals surface area contributed by atoms with Gasteiger partial charge in [-0.25, -0.2) is 4.79 Å². The van der Waals surface area contributed by atoms with Gasteiger partial charge in [0.1, 0.15) is 0 Å². The number of benzene rings is 1. The van der Waals surface area contributed by atoms with Crippen molar-refractivity contribution in [2.45, 2.75) is 20.1 Å². The van der Waals surface area contributed by atoms with Gasteiger partial charge in [0.05, 0.1) is 0 Å². The molecule has 0 aliphatic carbocycles. The number of hydrogen-bond donors (Lipinski definition) is 2. The van der Waals surface area contributed by atoms with E-state index in [1.807, 2.05) is 12.1 Å². The number of oxime groups is 1. The van der Waals surface area contributed by atoms with E-state index in [1.165, 1.54) is 0 Å². The van der Waals surface area contributed by atoms with Crippen LogP contribution < -0.4 is 17.3 Å². The summed E-state index contributed by atoms with van der Waals surface area (Å²) < 4.78 is 9.45. The van der Waals surface area contributed by atoms with Crippen LogP contribution in [0.1, 0.15) is 22.6 Å². The summed E-state index contributed by atoms with van der Waals surface area (Å²) >= 11 is 0. The Labute approximate surface area is 114 Å². The van der Waals surface area contributed by atoms with Gasteiger partial charge in [0, 0.05) is 12.1 Å². The largest absolute Gasteiger partial charge is 0.519 e. The third kappa shape index (κ3) is 3.27. The molecular formula is C13H15N3O4. The summed E-state index contributed by atoms with van der Waals surface area (Å²) in [4.78, 5) is 15.9. The first-order valence-corrected chi connectivity index (χ1v) is 5.94. The molecule has 0 spiro atoms. The van der Waals surface area contributed by atoms with Gasteiger partial charge in [-0.05, 0) is 12.5 Å². The van der Waals surface area contributed by atoms with Crippen LogP contribution in [-0.2, 0) is 18.0 Å². The van der Waals surface area contributed by atoms with Crippen molar-refractivity contribution in [2.24, 2.45) is 16.6 Å². The molecule has 1 heterocycles. The summed E-state index contributed by atoms with van der Waals surface area (Å²) in [5.41, 5.74) is 13.0. The Morgan fingerprint density at radius 1 is 1.30 bits per heavy atom. The fraction of sp³-hybridized carbons (Fsp3) is 0.231. The number of rotatable bonds is 5. The van der Waals surface area contributed by atoms with Crippen LogP contribution in [0.15, 0.2) is 43.1 Å². The predicted octanol–water partition coefficient (Wildman–Crippen LogP) is 0.837. The van der Waals surface area contributed by atoms with Gasteiger partial charge in [-0.1, -0.05) is 29.4 Å². The molecule has 106 valence electrons. The Morgan fingerprint density at radius 2 is 2.00 bits per heavy atom. The highest BCUT2D eigenvalue weighted by atomic mass is 16.6. The lowest BCUT2D eigenvalue weighted by Gasteiger charge is -2.02. The molecule has 2 rings (SSSR count). The van der Waals surface area contributed by atoms with Crippen molar-refractivity contribution < 1.29 is 13.7 Å². The molecule has 0 radical (unpaired) electrons. The minimum absolute atomic E-state index is 0.0286. The van der Waals surface area contributed by atoms with Crippen molar-refractivity contribution in [3.8, 4) is 0 Å². The van der Waals surface area contributed by atoms with Crippen molar-refractivity contribution in [3.63, 3.8) is 0 Å². The van der Waals surface area contributed by atoms with E-state index >= 15 is 0 Å². The summed E-state index contributed by atoms with van der Waals surface area (Å²) in [7, 11) is 0. The van der Waals surface area contributed by atoms with Crippen LogP contribution in [0.2, 0.25) is 0 Å². The molecule has 0 bridgehead atoms. The number of nitrogens with two attached hydrogens (primary N) is 2. The molecule has 0 saturated carbocycles. The topological polar surface area (TPSA) is 117 Å². The number of nitrogens with zero attached hydrogens (tertiary/aromatic N) is 1. The van der Waals surface area contributed by atoms with Gasteiger partial charge in [-0.15, -0.1) is 0 Å². The van der Waals surface area contributed by atoms with E-state index in [0.29, 0.717) is 17.9 Å². The Balaban J connectivity index is 1.99. The van der Waals surface area contributed by atoms with Crippen LogP contribution in [0.25, 0.3) is 0 Å². The molecule has 0 fully saturated rings. The van der Waals surface area contributed by atoms with Crippen molar-refractivity contribution in [1.82, 2.24) is 0 Å². The highest BCUT2D eigenvalue weighted by Gasteiger charge is 2.08. The fourth-order valence-electron chi connectivity index (χ4n) is 1.53. The molecule has 7 heteroatoms. The lowest BCUT2D eigenvalue weighted by Crippen LogP contribution is -2.14. The molecule has 0 unspecified atom stereocenters. The maximum absolute atomic E-state index is 10.8. The first kappa shape index (κ1) is 13.9. The molecule has 2 aromatic rings. The molecule has 1 aromatic carbocycles. The first-order valence-electron chi connectivity index (χ1n) is 5.94. The van der Waals surface area contributed by atoms with Gasteiger partial charge in [-0.2, -0.15) is 0 Å². The van der Waals surface area contributed by atoms with E-state index in [2.05, 4.69) is 9.57 Å². The van der Waals surface area contributed by atoms with Gasteiger partial charge in [0.15, 0.2) is 24.0 Å². The zero-order valence-electron chi connectivity index (χ0n) is 11.0. The van der Waals surface area contributed by atoms with Crippen LogP contribution in [-0.4, -0.2) is 5.84 Å². The number of amidine groups is 1. The van der Waals surface area contributed by atoms with Gasteiger partial charge >= 0.3 is 5.82 Å². The van der Waals surface area contributed by atoms with Crippen molar-refractivity contribution >= 4 is 5.84 Å². The summed E-state index contributed by atoms with van der Waals surface area (Å²) in [5, 5.41) is 3.76. The van der Waals surface area contributed by atoms with Gasteiger partial charge in [0.2, 0.25) is 0 Å². The Kier molecular flexibility index (Phi) is 4.21. The monoisotopic (exact) mass is 277 g/mol. The summed E-state index contributed by atoms with van der Waals surface area (Å²) in [5.74, 6) is 0.0913. The smallest absolute Gasteiger partial charge is 0.396 e. The number of aryl methyl sites for hydroxylation is 1. The molecule has 4 N–H and O–H groups in total. The molecule has 0 aliphatic rings. The molecule has 0 atom stereocenters. The molecule has 0 saturated heterocycles. The summed E-state index contributed by atoms with van der Waals surface area (Å²) in [6.07, 6.45) is 0. The van der Waals surface area contributed by atoms with Crippen molar-refractivity contribution in [2.75, 3.05) is 0 Å². The fourth-order valence-corrected chi connectivity index (χ4v) is 1.53. The molecule has 20 heavy (non-hydrogen) atoms. The average Bonchev–Trinajstić information content (AvgIpc) is 2.77. The van der Waals surface area contributed by atoms with E-state index in [1.54, 1.807) is 19.1 Å². The van der Waals surface area contributed by atoms with E-state index in [0.717, 1.165) is 5.56 Å². The quantitative estimate of drug-likeness (QED) is 0.475. The first-order chi connectivity index (χ1) is 9.60. The minimum Gasteiger partial charge on any atom is -0.396 e. The van der Waals surface area contributed by atoms with Gasteiger partial charge in [0.25, 0.3) is 0 Å². The van der Waals surface area contributed by atoms with Crippen LogP contribution in [0.5, 0.6) is 0 Å². The highest BCUT2D eigenvalue weighted by Crippen LogP contribution is 2.07. The van der Waals surface area contributed by atoms with Crippen molar-refractivity contribution in [1.29, 1.82) is 0 Å². The molecular weight excluding hydrogens is 262 g/mol. The second-order valence-electron chi connectivity index (χ2n) is 4.08. The van der Waals surface area contributed by atoms with Gasteiger partial charge in [-0.3, -0.25) is 0 Å². The zero-order valence-corrected chi connectivity index (χ0v) is 11.0. The molecule has 1 aromatic heterocycles. The number of hydrogen-bond acceptors (Lipinski definition) is 6. The van der Waals surface area contributed by atoms with E-state index < -0.39 is 5.82 Å². The summed E-state index contributed by atoms with van der Waals surface area (Å²) in [6.45, 7) is 2.04. The van der Waals surface area contributed by atoms with Crippen molar-refractivity contribution in [3.05, 3.63) is 57.5 Å². The van der Waals surface area contributed by atoms with E-state index in [9.17, 15) is 4.79 Å². The third-order valence-electron chi connectivity index (χ3n) is 2.68. The zero-order chi connectivity index (χ0) is 14.5. The van der Waals surface area contributed by atoms with E-state index in [-0.39, 0.29) is 18.2 Å². The lowest BCUT2D eigenvalue weighted by molar-refractivity contribution is 0.113. The van der Waals surface area contributed by atoms with Crippen LogP contribution in [0.4, 0.5) is 0 Å². The normalized spacial score (nSPS) is 11.6. The standard InChI is InChI=1S/C13H15N3O4/c1-8-11(20-13(17)19-8)7-18-16-12(15)10-4-2-9(6-14)3-5-10/h2-5H,6-7,14H2,1H3,(H2,15,16). The molecule has 7 nitrogen and oxygen atoms in total. The van der Waals surface area contributed by atoms with Gasteiger partial charge < -0.3 is 25.1 Å². The van der Waals surface area contributed by atoms with Crippen LogP contribution in [0, 0.1) is 6.92 Å². The minimum atomic E-state index is -0.768. The molecule has 0 aliphatic heterocycles. The maximum atomic E-state index is 10.8. The van der Waals surface area contributed by atoms with Crippen LogP contribution >= 0.6 is 0 Å². The SMILES string of the molecule is Cc1oc(=O)oc1CO/N=C(\N)c1ccc(CN)cc1. The average molecular weight is 277 g/mol. The predicted molar refractivity (Wildman–Crippen MR) is 71.8 cm³/mol. The maximum Gasteiger partial charge on any atom is 0.519 e. The Bertz CT molecular complexity index is 655. The second-order valence-corrected chi connectivity index (χ2v) is 4.08. The summed E-state index contributed by atoms with van der Waals surface area (Å²) in [6, 6.07) is 7.31. The van der Waals surface area contributed by atoms with E-state index in [4.69, 9.17) is 20.7 Å². The second kappa shape index (κ2) is 6.07.